The highest BCUT2D eigenvalue weighted by molar-refractivity contribution is 6.42. The van der Waals surface area contributed by atoms with Crippen LogP contribution in [0.3, 0.4) is 0 Å². The third-order valence-electron chi connectivity index (χ3n) is 5.59. The maximum Gasteiger partial charge on any atom is 0.332 e. The number of aliphatic hydroxyl groups is 1. The van der Waals surface area contributed by atoms with Gasteiger partial charge < -0.3 is 9.84 Å². The van der Waals surface area contributed by atoms with Gasteiger partial charge in [0.05, 0.1) is 28.9 Å². The first-order chi connectivity index (χ1) is 16.7. The summed E-state index contributed by atoms with van der Waals surface area (Å²) < 4.78 is 9.91. The molecule has 4 rings (SSSR count). The first-order valence-corrected chi connectivity index (χ1v) is 12.0. The molecule has 0 spiro atoms. The topological polar surface area (TPSA) is 91.3 Å². The lowest BCUT2D eigenvalue weighted by atomic mass is 10.1. The minimum absolute atomic E-state index is 0.125. The second kappa shape index (κ2) is 10.3. The largest absolute Gasteiger partial charge is 0.491 e. The Labute approximate surface area is 211 Å². The van der Waals surface area contributed by atoms with E-state index in [1.807, 2.05) is 26.0 Å². The Balaban J connectivity index is 2.04. The lowest BCUT2D eigenvalue weighted by molar-refractivity contribution is 0.201. The van der Waals surface area contributed by atoms with Gasteiger partial charge in [-0.05, 0) is 29.7 Å². The first-order valence-electron chi connectivity index (χ1n) is 11.2. The molecule has 2 heterocycles. The van der Waals surface area contributed by atoms with Gasteiger partial charge in [0.25, 0.3) is 5.56 Å². The zero-order valence-electron chi connectivity index (χ0n) is 19.7. The second-order valence-corrected chi connectivity index (χ2v) is 9.45. The van der Waals surface area contributed by atoms with E-state index in [-0.39, 0.29) is 25.7 Å². The molecule has 0 aliphatic rings. The summed E-state index contributed by atoms with van der Waals surface area (Å²) in [6.07, 6.45) is 0. The lowest BCUT2D eigenvalue weighted by Crippen LogP contribution is -2.38. The number of hydrogen-bond donors (Lipinski definition) is 1. The predicted octanol–water partition coefficient (Wildman–Crippen LogP) is 3.95. The summed E-state index contributed by atoms with van der Waals surface area (Å²) in [7, 11) is 1.47. The van der Waals surface area contributed by atoms with Crippen molar-refractivity contribution in [2.45, 2.75) is 26.9 Å². The molecule has 1 N–H and O–H groups in total. The van der Waals surface area contributed by atoms with E-state index in [2.05, 4.69) is 0 Å². The van der Waals surface area contributed by atoms with Crippen LogP contribution in [0.2, 0.25) is 10.0 Å². The average Bonchev–Trinajstić information content (AvgIpc) is 3.21. The third-order valence-corrected chi connectivity index (χ3v) is 6.45. The molecule has 0 saturated heterocycles. The Bertz CT molecular complexity index is 1500. The number of aliphatic hydroxyl groups excluding tert-OH is 1. The number of benzene rings is 2. The molecule has 0 fully saturated rings. The van der Waals surface area contributed by atoms with Gasteiger partial charge in [0.1, 0.15) is 17.7 Å². The Morgan fingerprint density at radius 2 is 1.86 bits per heavy atom. The van der Waals surface area contributed by atoms with Crippen molar-refractivity contribution in [1.29, 1.82) is 0 Å². The first kappa shape index (κ1) is 25.0. The van der Waals surface area contributed by atoms with Crippen molar-refractivity contribution < 1.29 is 9.84 Å². The van der Waals surface area contributed by atoms with E-state index in [1.165, 1.54) is 11.6 Å². The number of aromatic nitrogens is 4. The molecule has 2 aromatic carbocycles. The molecule has 2 aromatic heterocycles. The van der Waals surface area contributed by atoms with Crippen LogP contribution in [0.1, 0.15) is 19.4 Å². The van der Waals surface area contributed by atoms with E-state index in [4.69, 9.17) is 38.1 Å². The van der Waals surface area contributed by atoms with Gasteiger partial charge >= 0.3 is 5.69 Å². The number of ether oxygens (including phenoxy) is 1. The molecule has 0 atom stereocenters. The zero-order chi connectivity index (χ0) is 25.3. The maximum absolute atomic E-state index is 13.4. The molecule has 0 unspecified atom stereocenters. The molecule has 0 radical (unpaired) electrons. The van der Waals surface area contributed by atoms with Crippen molar-refractivity contribution in [3.05, 3.63) is 78.9 Å². The van der Waals surface area contributed by atoms with Crippen LogP contribution in [0.4, 0.5) is 0 Å². The average molecular weight is 517 g/mol. The predicted molar refractivity (Wildman–Crippen MR) is 138 cm³/mol. The van der Waals surface area contributed by atoms with Crippen LogP contribution in [0.5, 0.6) is 5.75 Å². The summed E-state index contributed by atoms with van der Waals surface area (Å²) in [6, 6.07) is 12.5. The van der Waals surface area contributed by atoms with Crippen molar-refractivity contribution in [3.8, 4) is 17.0 Å². The fraction of sp³-hybridized carbons (Fsp3) is 0.320. The molecule has 0 aliphatic heterocycles. The Morgan fingerprint density at radius 1 is 1.11 bits per heavy atom. The van der Waals surface area contributed by atoms with E-state index >= 15 is 0 Å². The van der Waals surface area contributed by atoms with Crippen LogP contribution in [0.15, 0.2) is 52.1 Å². The van der Waals surface area contributed by atoms with E-state index in [9.17, 15) is 9.59 Å². The molecular weight excluding hydrogens is 491 g/mol. The monoisotopic (exact) mass is 516 g/mol. The van der Waals surface area contributed by atoms with Crippen LogP contribution in [-0.4, -0.2) is 37.2 Å². The minimum Gasteiger partial charge on any atom is -0.491 e. The van der Waals surface area contributed by atoms with Crippen LogP contribution in [0.25, 0.3) is 22.3 Å². The van der Waals surface area contributed by atoms with Crippen molar-refractivity contribution in [1.82, 2.24) is 18.9 Å². The van der Waals surface area contributed by atoms with Gasteiger partial charge in [-0.3, -0.25) is 18.6 Å². The van der Waals surface area contributed by atoms with E-state index in [1.54, 1.807) is 35.0 Å². The zero-order valence-corrected chi connectivity index (χ0v) is 21.2. The van der Waals surface area contributed by atoms with E-state index < -0.39 is 11.2 Å². The van der Waals surface area contributed by atoms with Crippen molar-refractivity contribution >= 4 is 34.2 Å². The molecule has 0 bridgehead atoms. The minimum atomic E-state index is -0.440. The van der Waals surface area contributed by atoms with Gasteiger partial charge in [-0.15, -0.1) is 0 Å². The van der Waals surface area contributed by atoms with Gasteiger partial charge in [-0.25, -0.2) is 4.79 Å². The maximum atomic E-state index is 13.4. The number of fused-ring (bicyclic) bond motifs is 1. The number of hydrogen-bond acceptors (Lipinski definition) is 5. The second-order valence-electron chi connectivity index (χ2n) is 8.67. The lowest BCUT2D eigenvalue weighted by Gasteiger charge is -2.12. The fourth-order valence-corrected chi connectivity index (χ4v) is 4.41. The summed E-state index contributed by atoms with van der Waals surface area (Å²) in [5.74, 6) is 0.685. The molecule has 184 valence electrons. The third kappa shape index (κ3) is 4.87. The Morgan fingerprint density at radius 3 is 2.57 bits per heavy atom. The van der Waals surface area contributed by atoms with Gasteiger partial charge in [0.2, 0.25) is 0 Å². The van der Waals surface area contributed by atoms with Crippen LogP contribution < -0.4 is 16.0 Å². The van der Waals surface area contributed by atoms with E-state index in [0.29, 0.717) is 44.6 Å². The summed E-state index contributed by atoms with van der Waals surface area (Å²) in [5.41, 5.74) is 1.37. The summed E-state index contributed by atoms with van der Waals surface area (Å²) >= 11 is 12.7. The molecule has 4 aromatic rings. The van der Waals surface area contributed by atoms with E-state index in [0.717, 1.165) is 10.1 Å². The number of rotatable bonds is 8. The van der Waals surface area contributed by atoms with Gasteiger partial charge in [-0.1, -0.05) is 61.3 Å². The van der Waals surface area contributed by atoms with Crippen molar-refractivity contribution in [3.63, 3.8) is 0 Å². The summed E-state index contributed by atoms with van der Waals surface area (Å²) in [6.45, 7) is 4.63. The van der Waals surface area contributed by atoms with Gasteiger partial charge in [0.15, 0.2) is 5.65 Å². The SMILES string of the molecule is CC(C)Cn1c(=O)n(C)c(=O)c2c(-c3cccc(OCCO)c3)n(Cc3cccc(Cl)c3Cl)nc21. The van der Waals surface area contributed by atoms with Crippen LogP contribution in [-0.2, 0) is 20.1 Å². The van der Waals surface area contributed by atoms with Gasteiger partial charge in [-0.2, -0.15) is 5.10 Å². The highest BCUT2D eigenvalue weighted by atomic mass is 35.5. The number of nitrogens with zero attached hydrogens (tertiary/aromatic N) is 4. The van der Waals surface area contributed by atoms with Crippen molar-refractivity contribution in [2.75, 3.05) is 13.2 Å². The molecule has 0 amide bonds. The smallest absolute Gasteiger partial charge is 0.332 e. The van der Waals surface area contributed by atoms with Crippen LogP contribution >= 0.6 is 23.2 Å². The highest BCUT2D eigenvalue weighted by Gasteiger charge is 2.23. The number of halogens is 2. The van der Waals surface area contributed by atoms with Gasteiger partial charge in [0, 0.05) is 19.2 Å². The molecular formula is C25H26Cl2N4O4. The Kier molecular flexibility index (Phi) is 7.35. The summed E-state index contributed by atoms with van der Waals surface area (Å²) in [5, 5.41) is 15.0. The summed E-state index contributed by atoms with van der Waals surface area (Å²) in [4.78, 5) is 26.4. The highest BCUT2D eigenvalue weighted by Crippen LogP contribution is 2.32. The molecule has 0 saturated carbocycles. The Hall–Kier alpha value is -3.07. The normalized spacial score (nSPS) is 11.5. The fourth-order valence-electron chi connectivity index (χ4n) is 4.03. The molecule has 0 aliphatic carbocycles. The van der Waals surface area contributed by atoms with Crippen molar-refractivity contribution in [2.24, 2.45) is 13.0 Å². The molecule has 35 heavy (non-hydrogen) atoms. The van der Waals surface area contributed by atoms with Crippen LogP contribution in [0, 0.1) is 5.92 Å². The quantitative estimate of drug-likeness (QED) is 0.382. The molecule has 8 nitrogen and oxygen atoms in total. The standard InChI is InChI=1S/C25H26Cl2N4O4/c1-15(2)13-30-23-20(24(33)29(3)25(30)34)22(16-6-4-8-18(12-16)35-11-10-32)31(28-23)14-17-7-5-9-19(26)21(17)27/h4-9,12,15,32H,10-11,13-14H2,1-3H3. The molecule has 10 heteroatoms.